The summed E-state index contributed by atoms with van der Waals surface area (Å²) in [5.41, 5.74) is 0.517. The second-order valence-corrected chi connectivity index (χ2v) is 3.70. The first-order valence-corrected chi connectivity index (χ1v) is 5.14. The fourth-order valence-electron chi connectivity index (χ4n) is 1.62. The smallest absolute Gasteiger partial charge is 0.339 e. The first-order chi connectivity index (χ1) is 7.36. The molecule has 1 atom stereocenters. The van der Waals surface area contributed by atoms with Crippen molar-refractivity contribution in [3.63, 3.8) is 0 Å². The third-order valence-corrected chi connectivity index (χ3v) is 2.51. The molecule has 4 nitrogen and oxygen atoms in total. The molecule has 1 saturated heterocycles. The van der Waals surface area contributed by atoms with Gasteiger partial charge in [-0.1, -0.05) is 0 Å². The molecule has 0 saturated carbocycles. The summed E-state index contributed by atoms with van der Waals surface area (Å²) in [5, 5.41) is 3.23. The van der Waals surface area contributed by atoms with E-state index in [2.05, 4.69) is 10.3 Å². The Bertz CT molecular complexity index is 321. The summed E-state index contributed by atoms with van der Waals surface area (Å²) in [6, 6.07) is 3.44. The van der Waals surface area contributed by atoms with Crippen molar-refractivity contribution in [1.82, 2.24) is 10.3 Å². The van der Waals surface area contributed by atoms with Gasteiger partial charge in [0.1, 0.15) is 0 Å². The highest BCUT2D eigenvalue weighted by atomic mass is 16.5. The summed E-state index contributed by atoms with van der Waals surface area (Å²) in [6.07, 6.45) is 4.24. The molecule has 15 heavy (non-hydrogen) atoms. The van der Waals surface area contributed by atoms with Crippen LogP contribution < -0.4 is 5.32 Å². The Balaban J connectivity index is 1.82. The van der Waals surface area contributed by atoms with E-state index < -0.39 is 0 Å². The second kappa shape index (κ2) is 4.89. The molecule has 0 aliphatic carbocycles. The number of esters is 1. The van der Waals surface area contributed by atoms with E-state index in [9.17, 15) is 4.79 Å². The fraction of sp³-hybridized carbons (Fsp3) is 0.455. The summed E-state index contributed by atoms with van der Waals surface area (Å²) in [4.78, 5) is 15.4. The molecule has 1 aromatic heterocycles. The van der Waals surface area contributed by atoms with Crippen LogP contribution in [-0.4, -0.2) is 30.6 Å². The molecule has 1 N–H and O–H groups in total. The van der Waals surface area contributed by atoms with E-state index in [4.69, 9.17) is 4.74 Å². The average molecular weight is 206 g/mol. The molecule has 0 spiro atoms. The van der Waals surface area contributed by atoms with Crippen molar-refractivity contribution < 1.29 is 9.53 Å². The van der Waals surface area contributed by atoms with Crippen LogP contribution in [0.3, 0.4) is 0 Å². The van der Waals surface area contributed by atoms with Crippen LogP contribution in [0, 0.1) is 5.92 Å². The number of rotatable bonds is 3. The van der Waals surface area contributed by atoms with Gasteiger partial charge in [-0.3, -0.25) is 4.98 Å². The Hall–Kier alpha value is -1.42. The minimum absolute atomic E-state index is 0.282. The van der Waals surface area contributed by atoms with E-state index in [-0.39, 0.29) is 5.97 Å². The lowest BCUT2D eigenvalue weighted by atomic mass is 10.1. The molecule has 1 unspecified atom stereocenters. The summed E-state index contributed by atoms with van der Waals surface area (Å²) in [5.74, 6) is 0.181. The third kappa shape index (κ3) is 2.76. The highest BCUT2D eigenvalue weighted by molar-refractivity contribution is 5.88. The van der Waals surface area contributed by atoms with Crippen LogP contribution in [-0.2, 0) is 4.74 Å². The summed E-state index contributed by atoms with van der Waals surface area (Å²) in [7, 11) is 0. The lowest BCUT2D eigenvalue weighted by molar-refractivity contribution is 0.0450. The first kappa shape index (κ1) is 10.1. The van der Waals surface area contributed by atoms with Gasteiger partial charge in [-0.05, 0) is 25.1 Å². The molecule has 0 radical (unpaired) electrons. The number of aromatic nitrogens is 1. The maximum atomic E-state index is 11.5. The minimum atomic E-state index is -0.282. The van der Waals surface area contributed by atoms with Gasteiger partial charge in [-0.2, -0.15) is 0 Å². The largest absolute Gasteiger partial charge is 0.462 e. The van der Waals surface area contributed by atoms with Crippen LogP contribution in [0.25, 0.3) is 0 Å². The quantitative estimate of drug-likeness (QED) is 0.745. The molecule has 0 amide bonds. The van der Waals surface area contributed by atoms with Crippen LogP contribution in [0.1, 0.15) is 16.8 Å². The molecule has 2 rings (SSSR count). The Morgan fingerprint density at radius 3 is 3.27 bits per heavy atom. The van der Waals surface area contributed by atoms with E-state index in [1.54, 1.807) is 18.3 Å². The van der Waals surface area contributed by atoms with Crippen molar-refractivity contribution in [2.24, 2.45) is 5.92 Å². The van der Waals surface area contributed by atoms with Crippen LogP contribution in [0.2, 0.25) is 0 Å². The van der Waals surface area contributed by atoms with E-state index in [1.165, 1.54) is 6.20 Å². The van der Waals surface area contributed by atoms with E-state index in [0.29, 0.717) is 18.1 Å². The van der Waals surface area contributed by atoms with Gasteiger partial charge in [0.05, 0.1) is 12.2 Å². The fourth-order valence-corrected chi connectivity index (χ4v) is 1.62. The highest BCUT2D eigenvalue weighted by Crippen LogP contribution is 2.09. The van der Waals surface area contributed by atoms with Gasteiger partial charge in [0, 0.05) is 24.9 Å². The summed E-state index contributed by atoms with van der Waals surface area (Å²) < 4.78 is 5.19. The molecule has 0 bridgehead atoms. The molecule has 0 aromatic carbocycles. The van der Waals surface area contributed by atoms with Crippen molar-refractivity contribution in [3.05, 3.63) is 30.1 Å². The number of ether oxygens (including phenoxy) is 1. The zero-order valence-corrected chi connectivity index (χ0v) is 8.48. The summed E-state index contributed by atoms with van der Waals surface area (Å²) >= 11 is 0. The molecule has 1 aliphatic rings. The Morgan fingerprint density at radius 1 is 1.67 bits per heavy atom. The van der Waals surface area contributed by atoms with Crippen molar-refractivity contribution in [2.45, 2.75) is 6.42 Å². The zero-order valence-electron chi connectivity index (χ0n) is 8.48. The molecular formula is C11H14N2O2. The molecule has 1 aromatic rings. The van der Waals surface area contributed by atoms with Gasteiger partial charge in [-0.15, -0.1) is 0 Å². The van der Waals surface area contributed by atoms with Crippen molar-refractivity contribution in [1.29, 1.82) is 0 Å². The Morgan fingerprint density at radius 2 is 2.60 bits per heavy atom. The van der Waals surface area contributed by atoms with Crippen molar-refractivity contribution >= 4 is 5.97 Å². The van der Waals surface area contributed by atoms with E-state index in [1.807, 2.05) is 0 Å². The standard InChI is InChI=1S/C11H14N2O2/c14-11(10-2-1-4-12-7-10)15-8-9-3-5-13-6-9/h1-2,4,7,9,13H,3,5-6,8H2. The van der Waals surface area contributed by atoms with Gasteiger partial charge in [0.25, 0.3) is 0 Å². The summed E-state index contributed by atoms with van der Waals surface area (Å²) in [6.45, 7) is 2.47. The van der Waals surface area contributed by atoms with E-state index >= 15 is 0 Å². The topological polar surface area (TPSA) is 51.2 Å². The predicted octanol–water partition coefficient (Wildman–Crippen LogP) is 0.848. The zero-order chi connectivity index (χ0) is 10.5. The highest BCUT2D eigenvalue weighted by Gasteiger charge is 2.16. The Labute approximate surface area is 88.7 Å². The lowest BCUT2D eigenvalue weighted by Crippen LogP contribution is -2.16. The SMILES string of the molecule is O=C(OCC1CCNC1)c1cccnc1. The molecule has 1 aliphatic heterocycles. The first-order valence-electron chi connectivity index (χ1n) is 5.14. The number of pyridine rings is 1. The normalized spacial score (nSPS) is 20.1. The maximum Gasteiger partial charge on any atom is 0.339 e. The Kier molecular flexibility index (Phi) is 3.29. The molecule has 80 valence electrons. The molecule has 1 fully saturated rings. The molecular weight excluding hydrogens is 192 g/mol. The van der Waals surface area contributed by atoms with E-state index in [0.717, 1.165) is 19.5 Å². The number of carbonyl (C=O) groups is 1. The van der Waals surface area contributed by atoms with Gasteiger partial charge < -0.3 is 10.1 Å². The minimum Gasteiger partial charge on any atom is -0.462 e. The third-order valence-electron chi connectivity index (χ3n) is 2.51. The van der Waals surface area contributed by atoms with Gasteiger partial charge >= 0.3 is 5.97 Å². The number of nitrogens with one attached hydrogen (secondary N) is 1. The second-order valence-electron chi connectivity index (χ2n) is 3.70. The molecule has 4 heteroatoms. The van der Waals surface area contributed by atoms with Gasteiger partial charge in [0.15, 0.2) is 0 Å². The van der Waals surface area contributed by atoms with Gasteiger partial charge in [-0.25, -0.2) is 4.79 Å². The van der Waals surface area contributed by atoms with Crippen molar-refractivity contribution in [3.8, 4) is 0 Å². The number of hydrogen-bond acceptors (Lipinski definition) is 4. The lowest BCUT2D eigenvalue weighted by Gasteiger charge is -2.08. The monoisotopic (exact) mass is 206 g/mol. The maximum absolute atomic E-state index is 11.5. The number of hydrogen-bond donors (Lipinski definition) is 1. The van der Waals surface area contributed by atoms with Gasteiger partial charge in [0.2, 0.25) is 0 Å². The predicted molar refractivity (Wildman–Crippen MR) is 55.5 cm³/mol. The average Bonchev–Trinajstić information content (AvgIpc) is 2.80. The van der Waals surface area contributed by atoms with Crippen LogP contribution in [0.4, 0.5) is 0 Å². The van der Waals surface area contributed by atoms with Crippen molar-refractivity contribution in [2.75, 3.05) is 19.7 Å². The van der Waals surface area contributed by atoms with Crippen LogP contribution in [0.15, 0.2) is 24.5 Å². The van der Waals surface area contributed by atoms with Crippen LogP contribution in [0.5, 0.6) is 0 Å². The number of nitrogens with zero attached hydrogens (tertiary/aromatic N) is 1. The van der Waals surface area contributed by atoms with Crippen LogP contribution >= 0.6 is 0 Å². The molecule has 2 heterocycles. The number of carbonyl (C=O) groups excluding carboxylic acids is 1.